The van der Waals surface area contributed by atoms with Crippen LogP contribution >= 0.6 is 11.8 Å². The maximum atomic E-state index is 12.4. The van der Waals surface area contributed by atoms with Crippen molar-refractivity contribution in [3.8, 4) is 17.1 Å². The Morgan fingerprint density at radius 1 is 1.06 bits per heavy atom. The number of amides is 1. The topological polar surface area (TPSA) is 86.9 Å². The van der Waals surface area contributed by atoms with Crippen LogP contribution in [0.2, 0.25) is 0 Å². The SMILES string of the molecule is COc1ccc(-n2ccc(CNC(=O)CSc3nncn3-c3ccc(C)c(C)c3)n2)cc1. The first kappa shape index (κ1) is 21.6. The van der Waals surface area contributed by atoms with E-state index in [4.69, 9.17) is 4.74 Å². The average Bonchev–Trinajstić information content (AvgIpc) is 3.48. The highest BCUT2D eigenvalue weighted by Gasteiger charge is 2.11. The highest BCUT2D eigenvalue weighted by molar-refractivity contribution is 7.99. The second kappa shape index (κ2) is 9.69. The summed E-state index contributed by atoms with van der Waals surface area (Å²) in [7, 11) is 1.63. The molecule has 2 aromatic carbocycles. The Morgan fingerprint density at radius 2 is 1.84 bits per heavy atom. The van der Waals surface area contributed by atoms with Crippen LogP contribution in [0.1, 0.15) is 16.8 Å². The van der Waals surface area contributed by atoms with Crippen LogP contribution in [0.3, 0.4) is 0 Å². The lowest BCUT2D eigenvalue weighted by molar-refractivity contribution is -0.118. The van der Waals surface area contributed by atoms with E-state index in [1.807, 2.05) is 47.2 Å². The van der Waals surface area contributed by atoms with Gasteiger partial charge < -0.3 is 10.1 Å². The molecule has 0 unspecified atom stereocenters. The van der Waals surface area contributed by atoms with Crippen LogP contribution < -0.4 is 10.1 Å². The van der Waals surface area contributed by atoms with Crippen molar-refractivity contribution < 1.29 is 9.53 Å². The number of nitrogens with one attached hydrogen (secondary N) is 1. The Hall–Kier alpha value is -3.59. The van der Waals surface area contributed by atoms with E-state index in [0.717, 1.165) is 22.8 Å². The number of carbonyl (C=O) groups excluding carboxylic acids is 1. The molecule has 2 heterocycles. The van der Waals surface area contributed by atoms with Crippen LogP contribution in [-0.2, 0) is 11.3 Å². The maximum Gasteiger partial charge on any atom is 0.230 e. The highest BCUT2D eigenvalue weighted by Crippen LogP contribution is 2.21. The summed E-state index contributed by atoms with van der Waals surface area (Å²) in [6, 6.07) is 15.7. The van der Waals surface area contributed by atoms with Crippen molar-refractivity contribution >= 4 is 17.7 Å². The van der Waals surface area contributed by atoms with Crippen molar-refractivity contribution in [2.24, 2.45) is 0 Å². The van der Waals surface area contributed by atoms with E-state index in [2.05, 4.69) is 46.6 Å². The monoisotopic (exact) mass is 448 g/mol. The van der Waals surface area contributed by atoms with E-state index >= 15 is 0 Å². The molecule has 0 bridgehead atoms. The van der Waals surface area contributed by atoms with Gasteiger partial charge in [0.25, 0.3) is 0 Å². The molecule has 0 fully saturated rings. The molecule has 0 atom stereocenters. The third kappa shape index (κ3) is 5.00. The Bertz CT molecular complexity index is 1220. The molecule has 0 aliphatic rings. The van der Waals surface area contributed by atoms with E-state index < -0.39 is 0 Å². The number of hydrogen-bond donors (Lipinski definition) is 1. The number of thioether (sulfide) groups is 1. The molecule has 32 heavy (non-hydrogen) atoms. The Morgan fingerprint density at radius 3 is 2.59 bits per heavy atom. The lowest BCUT2D eigenvalue weighted by Crippen LogP contribution is -2.25. The minimum atomic E-state index is -0.0939. The molecule has 0 saturated heterocycles. The van der Waals surface area contributed by atoms with Gasteiger partial charge >= 0.3 is 0 Å². The minimum absolute atomic E-state index is 0.0939. The standard InChI is InChI=1S/C23H24N6O2S/c1-16-4-5-20(12-17(16)2)28-15-25-26-23(28)32-14-22(30)24-13-18-10-11-29(27-18)19-6-8-21(31-3)9-7-19/h4-12,15H,13-14H2,1-3H3,(H,24,30). The normalized spacial score (nSPS) is 10.8. The minimum Gasteiger partial charge on any atom is -0.497 e. The van der Waals surface area contributed by atoms with Crippen LogP contribution in [0.25, 0.3) is 11.4 Å². The molecule has 0 saturated carbocycles. The van der Waals surface area contributed by atoms with Crippen LogP contribution in [0.5, 0.6) is 5.75 Å². The fraction of sp³-hybridized carbons (Fsp3) is 0.217. The second-order valence-corrected chi connectivity index (χ2v) is 8.21. The average molecular weight is 449 g/mol. The molecule has 4 aromatic rings. The molecule has 0 spiro atoms. The van der Waals surface area contributed by atoms with Gasteiger partial charge in [-0.2, -0.15) is 5.10 Å². The van der Waals surface area contributed by atoms with Crippen LogP contribution in [0.15, 0.2) is 66.2 Å². The lowest BCUT2D eigenvalue weighted by Gasteiger charge is -2.08. The van der Waals surface area contributed by atoms with Crippen LogP contribution in [-0.4, -0.2) is 43.3 Å². The van der Waals surface area contributed by atoms with Gasteiger partial charge in [-0.25, -0.2) is 4.68 Å². The van der Waals surface area contributed by atoms with Crippen LogP contribution in [0.4, 0.5) is 0 Å². The smallest absolute Gasteiger partial charge is 0.230 e. The van der Waals surface area contributed by atoms with Gasteiger partial charge in [-0.3, -0.25) is 9.36 Å². The van der Waals surface area contributed by atoms with E-state index in [1.54, 1.807) is 18.1 Å². The summed E-state index contributed by atoms with van der Waals surface area (Å²) in [5.74, 6) is 0.936. The van der Waals surface area contributed by atoms with E-state index in [0.29, 0.717) is 11.7 Å². The van der Waals surface area contributed by atoms with Crippen molar-refractivity contribution in [2.45, 2.75) is 25.5 Å². The van der Waals surface area contributed by atoms with Gasteiger partial charge in [0, 0.05) is 11.9 Å². The number of rotatable bonds is 8. The highest BCUT2D eigenvalue weighted by atomic mass is 32.2. The number of methoxy groups -OCH3 is 1. The van der Waals surface area contributed by atoms with Crippen molar-refractivity contribution in [2.75, 3.05) is 12.9 Å². The number of nitrogens with zero attached hydrogens (tertiary/aromatic N) is 5. The molecule has 9 heteroatoms. The summed E-state index contributed by atoms with van der Waals surface area (Å²) in [5, 5.41) is 16.3. The Balaban J connectivity index is 1.31. The van der Waals surface area contributed by atoms with Crippen molar-refractivity contribution in [1.82, 2.24) is 29.9 Å². The van der Waals surface area contributed by atoms with Gasteiger partial charge in [0.15, 0.2) is 5.16 Å². The molecular formula is C23H24N6O2S. The predicted octanol–water partition coefficient (Wildman–Crippen LogP) is 3.49. The number of aromatic nitrogens is 5. The van der Waals surface area contributed by atoms with E-state index in [-0.39, 0.29) is 11.7 Å². The molecule has 0 aliphatic heterocycles. The fourth-order valence-electron chi connectivity index (χ4n) is 3.08. The quantitative estimate of drug-likeness (QED) is 0.415. The zero-order valence-corrected chi connectivity index (χ0v) is 19.0. The summed E-state index contributed by atoms with van der Waals surface area (Å²) in [6.45, 7) is 4.50. The summed E-state index contributed by atoms with van der Waals surface area (Å²) in [4.78, 5) is 12.4. The van der Waals surface area contributed by atoms with Crippen molar-refractivity contribution in [3.63, 3.8) is 0 Å². The van der Waals surface area contributed by atoms with Gasteiger partial charge in [-0.05, 0) is 67.4 Å². The van der Waals surface area contributed by atoms with Gasteiger partial charge in [0.05, 0.1) is 30.8 Å². The van der Waals surface area contributed by atoms with Crippen LogP contribution in [0, 0.1) is 13.8 Å². The lowest BCUT2D eigenvalue weighted by atomic mass is 10.1. The van der Waals surface area contributed by atoms with Gasteiger partial charge in [0.2, 0.25) is 5.91 Å². The second-order valence-electron chi connectivity index (χ2n) is 7.27. The summed E-state index contributed by atoms with van der Waals surface area (Å²) in [5.41, 5.74) is 5.09. The first-order chi connectivity index (χ1) is 15.5. The van der Waals surface area contributed by atoms with Gasteiger partial charge in [0.1, 0.15) is 12.1 Å². The largest absolute Gasteiger partial charge is 0.497 e. The zero-order chi connectivity index (χ0) is 22.5. The molecule has 164 valence electrons. The molecule has 0 aliphatic carbocycles. The molecule has 1 amide bonds. The molecule has 2 aromatic heterocycles. The number of benzene rings is 2. The summed E-state index contributed by atoms with van der Waals surface area (Å²) in [6.07, 6.45) is 3.53. The summed E-state index contributed by atoms with van der Waals surface area (Å²) < 4.78 is 8.83. The van der Waals surface area contributed by atoms with E-state index in [1.165, 1.54) is 22.9 Å². The zero-order valence-electron chi connectivity index (χ0n) is 18.1. The number of hydrogen-bond acceptors (Lipinski definition) is 6. The molecule has 4 rings (SSSR count). The fourth-order valence-corrected chi connectivity index (χ4v) is 3.84. The maximum absolute atomic E-state index is 12.4. The van der Waals surface area contributed by atoms with E-state index in [9.17, 15) is 4.79 Å². The van der Waals surface area contributed by atoms with Crippen molar-refractivity contribution in [1.29, 1.82) is 0 Å². The predicted molar refractivity (Wildman–Crippen MR) is 124 cm³/mol. The van der Waals surface area contributed by atoms with Crippen molar-refractivity contribution in [3.05, 3.63) is 77.9 Å². The summed E-state index contributed by atoms with van der Waals surface area (Å²) >= 11 is 1.35. The first-order valence-corrected chi connectivity index (χ1v) is 11.1. The molecule has 1 N–H and O–H groups in total. The third-order valence-corrected chi connectivity index (χ3v) is 6.01. The third-order valence-electron chi connectivity index (χ3n) is 5.07. The van der Waals surface area contributed by atoms with Gasteiger partial charge in [-0.1, -0.05) is 17.8 Å². The number of carbonyl (C=O) groups is 1. The number of ether oxygens (including phenoxy) is 1. The van der Waals surface area contributed by atoms with Gasteiger partial charge in [-0.15, -0.1) is 10.2 Å². The number of aryl methyl sites for hydroxylation is 2. The first-order valence-electron chi connectivity index (χ1n) is 10.1. The Labute approximate surface area is 190 Å². The Kier molecular flexibility index (Phi) is 6.55. The molecule has 8 nitrogen and oxygen atoms in total. The molecular weight excluding hydrogens is 424 g/mol. The molecule has 0 radical (unpaired) electrons.